The highest BCUT2D eigenvalue weighted by Gasteiger charge is 2.13. The van der Waals surface area contributed by atoms with Crippen molar-refractivity contribution < 1.29 is 14.6 Å². The number of thiazole rings is 1. The summed E-state index contributed by atoms with van der Waals surface area (Å²) < 4.78 is 6.25. The molecule has 25 heavy (non-hydrogen) atoms. The fourth-order valence-corrected chi connectivity index (χ4v) is 3.58. The predicted octanol–water partition coefficient (Wildman–Crippen LogP) is 5.28. The lowest BCUT2D eigenvalue weighted by atomic mass is 10.1. The highest BCUT2D eigenvalue weighted by molar-refractivity contribution is 9.10. The van der Waals surface area contributed by atoms with Crippen molar-refractivity contribution in [3.63, 3.8) is 0 Å². The molecule has 0 amide bonds. The molecule has 0 radical (unpaired) electrons. The zero-order valence-electron chi connectivity index (χ0n) is 12.9. The smallest absolute Gasteiger partial charge is 0.341 e. The van der Waals surface area contributed by atoms with E-state index < -0.39 is 12.6 Å². The lowest BCUT2D eigenvalue weighted by Gasteiger charge is -2.09. The molecule has 0 saturated carbocycles. The summed E-state index contributed by atoms with van der Waals surface area (Å²) in [5, 5.41) is 12.4. The van der Waals surface area contributed by atoms with Gasteiger partial charge in [0.05, 0.1) is 10.7 Å². The van der Waals surface area contributed by atoms with E-state index in [1.807, 2.05) is 41.8 Å². The summed E-state index contributed by atoms with van der Waals surface area (Å²) in [4.78, 5) is 15.4. The predicted molar refractivity (Wildman–Crippen MR) is 103 cm³/mol. The summed E-state index contributed by atoms with van der Waals surface area (Å²) in [5.41, 5.74) is 2.65. The number of hydrogen-bond donors (Lipinski definition) is 1. The van der Waals surface area contributed by atoms with Gasteiger partial charge in [0.2, 0.25) is 0 Å². The third-order valence-corrected chi connectivity index (χ3v) is 4.98. The standard InChI is InChI=1S/C18H13BrClNO3S/c19-12-3-6-16(24-9-18(22)23)14(8-12)15-10-25-17(21-15)7-11-1-4-13(20)5-2-11/h1-6,8,10H,7,9H2,(H,22,23). The zero-order chi connectivity index (χ0) is 17.8. The molecule has 4 nitrogen and oxygen atoms in total. The Morgan fingerprint density at radius 3 is 2.72 bits per heavy atom. The highest BCUT2D eigenvalue weighted by atomic mass is 79.9. The molecule has 0 aliphatic carbocycles. The van der Waals surface area contributed by atoms with Gasteiger partial charge in [-0.25, -0.2) is 9.78 Å². The first kappa shape index (κ1) is 17.9. The quantitative estimate of drug-likeness (QED) is 0.569. The molecule has 1 aromatic heterocycles. The number of carbonyl (C=O) groups is 1. The summed E-state index contributed by atoms with van der Waals surface area (Å²) in [7, 11) is 0. The van der Waals surface area contributed by atoms with Crippen LogP contribution in [0.3, 0.4) is 0 Å². The molecule has 0 saturated heterocycles. The zero-order valence-corrected chi connectivity index (χ0v) is 16.1. The van der Waals surface area contributed by atoms with Gasteiger partial charge in [0.25, 0.3) is 0 Å². The lowest BCUT2D eigenvalue weighted by molar-refractivity contribution is -0.139. The van der Waals surface area contributed by atoms with Gasteiger partial charge < -0.3 is 9.84 Å². The SMILES string of the molecule is O=C(O)COc1ccc(Br)cc1-c1csc(Cc2ccc(Cl)cc2)n1. The van der Waals surface area contributed by atoms with E-state index in [0.29, 0.717) is 17.2 Å². The van der Waals surface area contributed by atoms with Crippen LogP contribution in [0.5, 0.6) is 5.75 Å². The van der Waals surface area contributed by atoms with E-state index in [9.17, 15) is 4.79 Å². The number of ether oxygens (including phenoxy) is 1. The van der Waals surface area contributed by atoms with Crippen LogP contribution in [0.1, 0.15) is 10.6 Å². The van der Waals surface area contributed by atoms with Crippen LogP contribution in [0.25, 0.3) is 11.3 Å². The third-order valence-electron chi connectivity index (χ3n) is 3.39. The first-order valence-electron chi connectivity index (χ1n) is 7.34. The summed E-state index contributed by atoms with van der Waals surface area (Å²) in [5.74, 6) is -0.524. The Morgan fingerprint density at radius 1 is 1.24 bits per heavy atom. The molecule has 0 spiro atoms. The van der Waals surface area contributed by atoms with E-state index in [1.54, 1.807) is 17.4 Å². The first-order chi connectivity index (χ1) is 12.0. The van der Waals surface area contributed by atoms with E-state index in [4.69, 9.17) is 21.4 Å². The molecule has 128 valence electrons. The summed E-state index contributed by atoms with van der Waals surface area (Å²) >= 11 is 10.9. The minimum Gasteiger partial charge on any atom is -0.481 e. The Morgan fingerprint density at radius 2 is 2.00 bits per heavy atom. The Balaban J connectivity index is 1.84. The number of carboxylic acids is 1. The minimum absolute atomic E-state index is 0.392. The molecule has 0 unspecified atom stereocenters. The van der Waals surface area contributed by atoms with Crippen molar-refractivity contribution in [2.75, 3.05) is 6.61 Å². The van der Waals surface area contributed by atoms with Gasteiger partial charge in [-0.15, -0.1) is 11.3 Å². The fraction of sp³-hybridized carbons (Fsp3) is 0.111. The molecular weight excluding hydrogens is 426 g/mol. The molecule has 0 fully saturated rings. The van der Waals surface area contributed by atoms with Crippen LogP contribution in [-0.4, -0.2) is 22.7 Å². The van der Waals surface area contributed by atoms with Gasteiger partial charge in [-0.05, 0) is 35.9 Å². The van der Waals surface area contributed by atoms with Gasteiger partial charge in [-0.3, -0.25) is 0 Å². The molecule has 0 aliphatic heterocycles. The molecule has 1 heterocycles. The van der Waals surface area contributed by atoms with Crippen molar-refractivity contribution in [1.29, 1.82) is 0 Å². The van der Waals surface area contributed by atoms with Crippen molar-refractivity contribution in [2.45, 2.75) is 6.42 Å². The molecular formula is C18H13BrClNO3S. The van der Waals surface area contributed by atoms with Crippen molar-refractivity contribution in [3.05, 3.63) is 67.9 Å². The number of carboxylic acid groups (broad SMARTS) is 1. The van der Waals surface area contributed by atoms with E-state index >= 15 is 0 Å². The van der Waals surface area contributed by atoms with Gasteiger partial charge in [0, 0.05) is 26.9 Å². The lowest BCUT2D eigenvalue weighted by Crippen LogP contribution is -2.10. The van der Waals surface area contributed by atoms with Gasteiger partial charge in [-0.1, -0.05) is 39.7 Å². The largest absolute Gasteiger partial charge is 0.481 e. The number of benzene rings is 2. The fourth-order valence-electron chi connectivity index (χ4n) is 2.26. The maximum Gasteiger partial charge on any atom is 0.341 e. The number of aliphatic carboxylic acids is 1. The average Bonchev–Trinajstić information content (AvgIpc) is 3.04. The minimum atomic E-state index is -1.02. The number of hydrogen-bond acceptors (Lipinski definition) is 4. The Hall–Kier alpha value is -1.89. The summed E-state index contributed by atoms with van der Waals surface area (Å²) in [6, 6.07) is 13.1. The van der Waals surface area contributed by atoms with Gasteiger partial charge in [0.15, 0.2) is 6.61 Å². The molecule has 2 aromatic carbocycles. The first-order valence-corrected chi connectivity index (χ1v) is 9.39. The summed E-state index contributed by atoms with van der Waals surface area (Å²) in [6.07, 6.45) is 0.709. The van der Waals surface area contributed by atoms with Crippen LogP contribution >= 0.6 is 38.9 Å². The van der Waals surface area contributed by atoms with Crippen molar-refractivity contribution in [3.8, 4) is 17.0 Å². The molecule has 0 bridgehead atoms. The second-order valence-electron chi connectivity index (χ2n) is 5.25. The Bertz CT molecular complexity index is 896. The summed E-state index contributed by atoms with van der Waals surface area (Å²) in [6.45, 7) is -0.392. The average molecular weight is 439 g/mol. The van der Waals surface area contributed by atoms with E-state index in [1.165, 1.54) is 0 Å². The molecule has 0 atom stereocenters. The van der Waals surface area contributed by atoms with Gasteiger partial charge >= 0.3 is 5.97 Å². The number of rotatable bonds is 6. The molecule has 3 aromatic rings. The van der Waals surface area contributed by atoms with Crippen LogP contribution in [0.4, 0.5) is 0 Å². The van der Waals surface area contributed by atoms with Crippen molar-refractivity contribution >= 4 is 44.8 Å². The second kappa shape index (κ2) is 7.99. The van der Waals surface area contributed by atoms with Gasteiger partial charge in [0.1, 0.15) is 5.75 Å². The Labute approximate surface area is 162 Å². The van der Waals surface area contributed by atoms with Crippen LogP contribution in [0.2, 0.25) is 5.02 Å². The van der Waals surface area contributed by atoms with Crippen molar-refractivity contribution in [1.82, 2.24) is 4.98 Å². The maximum atomic E-state index is 10.8. The second-order valence-corrected chi connectivity index (χ2v) is 7.55. The number of nitrogens with zero attached hydrogens (tertiary/aromatic N) is 1. The van der Waals surface area contributed by atoms with Gasteiger partial charge in [-0.2, -0.15) is 0 Å². The number of halogens is 2. The van der Waals surface area contributed by atoms with E-state index in [-0.39, 0.29) is 0 Å². The third kappa shape index (κ3) is 4.81. The van der Waals surface area contributed by atoms with Crippen LogP contribution < -0.4 is 4.74 Å². The van der Waals surface area contributed by atoms with Crippen LogP contribution in [0, 0.1) is 0 Å². The molecule has 1 N–H and O–H groups in total. The topological polar surface area (TPSA) is 59.4 Å². The van der Waals surface area contributed by atoms with Crippen molar-refractivity contribution in [2.24, 2.45) is 0 Å². The van der Waals surface area contributed by atoms with E-state index in [2.05, 4.69) is 20.9 Å². The molecule has 0 aliphatic rings. The van der Waals surface area contributed by atoms with E-state index in [0.717, 1.165) is 26.3 Å². The highest BCUT2D eigenvalue weighted by Crippen LogP contribution is 2.34. The van der Waals surface area contributed by atoms with Crippen LogP contribution in [-0.2, 0) is 11.2 Å². The number of aromatic nitrogens is 1. The van der Waals surface area contributed by atoms with Crippen LogP contribution in [0.15, 0.2) is 52.3 Å². The molecule has 7 heteroatoms. The normalized spacial score (nSPS) is 10.6. The Kier molecular flexibility index (Phi) is 5.73. The maximum absolute atomic E-state index is 10.8. The monoisotopic (exact) mass is 437 g/mol. The molecule has 3 rings (SSSR count).